The SMILES string of the molecule is CCOC(=O)CCNc1nccc2c(OC)cccc12. The molecule has 0 spiro atoms. The third-order valence-electron chi connectivity index (χ3n) is 2.91. The molecule has 0 amide bonds. The molecule has 1 aromatic heterocycles. The van der Waals surface area contributed by atoms with Crippen LogP contribution in [0.15, 0.2) is 30.5 Å². The number of carbonyl (C=O) groups excluding carboxylic acids is 1. The largest absolute Gasteiger partial charge is 0.496 e. The summed E-state index contributed by atoms with van der Waals surface area (Å²) in [6.45, 7) is 2.69. The van der Waals surface area contributed by atoms with Crippen LogP contribution in [0.25, 0.3) is 10.8 Å². The average molecular weight is 274 g/mol. The molecule has 0 atom stereocenters. The van der Waals surface area contributed by atoms with Gasteiger partial charge in [-0.25, -0.2) is 4.98 Å². The Morgan fingerprint density at radius 2 is 2.15 bits per heavy atom. The van der Waals surface area contributed by atoms with E-state index in [1.165, 1.54) is 0 Å². The van der Waals surface area contributed by atoms with Gasteiger partial charge in [-0.2, -0.15) is 0 Å². The fraction of sp³-hybridized carbons (Fsp3) is 0.333. The minimum absolute atomic E-state index is 0.210. The summed E-state index contributed by atoms with van der Waals surface area (Å²) in [7, 11) is 1.64. The van der Waals surface area contributed by atoms with E-state index in [4.69, 9.17) is 9.47 Å². The summed E-state index contributed by atoms with van der Waals surface area (Å²) >= 11 is 0. The monoisotopic (exact) mass is 274 g/mol. The molecular weight excluding hydrogens is 256 g/mol. The number of anilines is 1. The smallest absolute Gasteiger partial charge is 0.307 e. The second kappa shape index (κ2) is 6.75. The fourth-order valence-corrected chi connectivity index (χ4v) is 2.01. The van der Waals surface area contributed by atoms with Gasteiger partial charge in [-0.3, -0.25) is 4.79 Å². The number of nitrogens with one attached hydrogen (secondary N) is 1. The van der Waals surface area contributed by atoms with Crippen LogP contribution in [0.1, 0.15) is 13.3 Å². The first-order valence-corrected chi connectivity index (χ1v) is 6.57. The predicted molar refractivity (Wildman–Crippen MR) is 78.0 cm³/mol. The Balaban J connectivity index is 2.12. The highest BCUT2D eigenvalue weighted by Gasteiger charge is 2.07. The predicted octanol–water partition coefficient (Wildman–Crippen LogP) is 2.61. The molecule has 0 fully saturated rings. The third-order valence-corrected chi connectivity index (χ3v) is 2.91. The van der Waals surface area contributed by atoms with Crippen LogP contribution in [0.4, 0.5) is 5.82 Å². The van der Waals surface area contributed by atoms with E-state index >= 15 is 0 Å². The number of carbonyl (C=O) groups is 1. The van der Waals surface area contributed by atoms with Crippen LogP contribution in [0.2, 0.25) is 0 Å². The number of methoxy groups -OCH3 is 1. The standard InChI is InChI=1S/C15H18N2O3/c1-3-20-14(18)8-10-17-15-12-5-4-6-13(19-2)11(12)7-9-16-15/h4-7,9H,3,8,10H2,1-2H3,(H,16,17). The van der Waals surface area contributed by atoms with E-state index in [0.29, 0.717) is 19.6 Å². The quantitative estimate of drug-likeness (QED) is 0.820. The topological polar surface area (TPSA) is 60.5 Å². The van der Waals surface area contributed by atoms with Crippen molar-refractivity contribution >= 4 is 22.6 Å². The van der Waals surface area contributed by atoms with E-state index in [0.717, 1.165) is 22.3 Å². The number of benzene rings is 1. The van der Waals surface area contributed by atoms with Gasteiger partial charge in [0, 0.05) is 23.5 Å². The maximum absolute atomic E-state index is 11.3. The van der Waals surface area contributed by atoms with Crippen LogP contribution in [0, 0.1) is 0 Å². The first-order valence-electron chi connectivity index (χ1n) is 6.57. The molecule has 0 saturated carbocycles. The number of rotatable bonds is 6. The molecule has 0 aliphatic rings. The second-order valence-corrected chi connectivity index (χ2v) is 4.20. The minimum Gasteiger partial charge on any atom is -0.496 e. The van der Waals surface area contributed by atoms with Crippen LogP contribution < -0.4 is 10.1 Å². The number of ether oxygens (including phenoxy) is 2. The van der Waals surface area contributed by atoms with Crippen LogP contribution in [-0.2, 0) is 9.53 Å². The summed E-state index contributed by atoms with van der Waals surface area (Å²) in [5.74, 6) is 1.34. The summed E-state index contributed by atoms with van der Waals surface area (Å²) in [4.78, 5) is 15.6. The van der Waals surface area contributed by atoms with Gasteiger partial charge in [0.25, 0.3) is 0 Å². The van der Waals surface area contributed by atoms with Crippen LogP contribution in [0.5, 0.6) is 5.75 Å². The lowest BCUT2D eigenvalue weighted by Crippen LogP contribution is -2.12. The highest BCUT2D eigenvalue weighted by atomic mass is 16.5. The molecule has 0 bridgehead atoms. The third kappa shape index (κ3) is 3.17. The van der Waals surface area contributed by atoms with Crippen molar-refractivity contribution in [1.82, 2.24) is 4.98 Å². The number of aromatic nitrogens is 1. The normalized spacial score (nSPS) is 10.3. The lowest BCUT2D eigenvalue weighted by molar-refractivity contribution is -0.142. The van der Waals surface area contributed by atoms with Gasteiger partial charge in [0.2, 0.25) is 0 Å². The number of fused-ring (bicyclic) bond motifs is 1. The molecule has 0 saturated heterocycles. The van der Waals surface area contributed by atoms with E-state index < -0.39 is 0 Å². The van der Waals surface area contributed by atoms with Gasteiger partial charge in [-0.1, -0.05) is 12.1 Å². The number of pyridine rings is 1. The van der Waals surface area contributed by atoms with Gasteiger partial charge in [0.1, 0.15) is 11.6 Å². The first-order chi connectivity index (χ1) is 9.76. The Bertz CT molecular complexity index is 599. The number of hydrogen-bond donors (Lipinski definition) is 1. The molecule has 106 valence electrons. The Morgan fingerprint density at radius 3 is 2.90 bits per heavy atom. The van der Waals surface area contributed by atoms with Gasteiger partial charge in [0.05, 0.1) is 20.1 Å². The molecule has 20 heavy (non-hydrogen) atoms. The van der Waals surface area contributed by atoms with Crippen molar-refractivity contribution in [2.24, 2.45) is 0 Å². The number of esters is 1. The average Bonchev–Trinajstić information content (AvgIpc) is 2.47. The van der Waals surface area contributed by atoms with Crippen molar-refractivity contribution in [3.8, 4) is 5.75 Å². The van der Waals surface area contributed by atoms with E-state index in [9.17, 15) is 4.79 Å². The van der Waals surface area contributed by atoms with Crippen molar-refractivity contribution in [2.45, 2.75) is 13.3 Å². The molecular formula is C15H18N2O3. The molecule has 0 aliphatic heterocycles. The lowest BCUT2D eigenvalue weighted by Gasteiger charge is -2.10. The summed E-state index contributed by atoms with van der Waals surface area (Å²) in [6.07, 6.45) is 2.04. The Kier molecular flexibility index (Phi) is 4.76. The summed E-state index contributed by atoms with van der Waals surface area (Å²) in [5.41, 5.74) is 0. The molecule has 1 aromatic carbocycles. The molecule has 1 N–H and O–H groups in total. The van der Waals surface area contributed by atoms with Gasteiger partial charge in [-0.15, -0.1) is 0 Å². The Hall–Kier alpha value is -2.30. The van der Waals surface area contributed by atoms with Crippen LogP contribution in [-0.4, -0.2) is 31.2 Å². The molecule has 5 heteroatoms. The van der Waals surface area contributed by atoms with Crippen LogP contribution in [0.3, 0.4) is 0 Å². The first kappa shape index (κ1) is 14.1. The zero-order valence-electron chi connectivity index (χ0n) is 11.7. The lowest BCUT2D eigenvalue weighted by atomic mass is 10.1. The Labute approximate surface area is 117 Å². The maximum atomic E-state index is 11.3. The van der Waals surface area contributed by atoms with Gasteiger partial charge in [0.15, 0.2) is 0 Å². The molecule has 1 heterocycles. The summed E-state index contributed by atoms with van der Waals surface area (Å²) in [6, 6.07) is 7.70. The van der Waals surface area contributed by atoms with E-state index in [2.05, 4.69) is 10.3 Å². The van der Waals surface area contributed by atoms with Crippen molar-refractivity contribution in [1.29, 1.82) is 0 Å². The summed E-state index contributed by atoms with van der Waals surface area (Å²) < 4.78 is 10.2. The summed E-state index contributed by atoms with van der Waals surface area (Å²) in [5, 5.41) is 5.12. The molecule has 0 aliphatic carbocycles. The number of nitrogens with zero attached hydrogens (tertiary/aromatic N) is 1. The fourth-order valence-electron chi connectivity index (χ4n) is 2.01. The molecule has 0 radical (unpaired) electrons. The van der Waals surface area contributed by atoms with Crippen molar-refractivity contribution in [3.05, 3.63) is 30.5 Å². The number of hydrogen-bond acceptors (Lipinski definition) is 5. The van der Waals surface area contributed by atoms with Gasteiger partial charge >= 0.3 is 5.97 Å². The molecule has 5 nitrogen and oxygen atoms in total. The minimum atomic E-state index is -0.210. The van der Waals surface area contributed by atoms with Crippen molar-refractivity contribution in [2.75, 3.05) is 25.6 Å². The zero-order valence-corrected chi connectivity index (χ0v) is 11.7. The van der Waals surface area contributed by atoms with E-state index in [1.54, 1.807) is 20.2 Å². The van der Waals surface area contributed by atoms with Crippen LogP contribution >= 0.6 is 0 Å². The van der Waals surface area contributed by atoms with Crippen molar-refractivity contribution in [3.63, 3.8) is 0 Å². The molecule has 0 unspecified atom stereocenters. The van der Waals surface area contributed by atoms with Gasteiger partial charge in [-0.05, 0) is 19.1 Å². The molecule has 2 aromatic rings. The highest BCUT2D eigenvalue weighted by Crippen LogP contribution is 2.28. The highest BCUT2D eigenvalue weighted by molar-refractivity contribution is 5.95. The van der Waals surface area contributed by atoms with E-state index in [-0.39, 0.29) is 5.97 Å². The van der Waals surface area contributed by atoms with Gasteiger partial charge < -0.3 is 14.8 Å². The Morgan fingerprint density at radius 1 is 1.30 bits per heavy atom. The van der Waals surface area contributed by atoms with E-state index in [1.807, 2.05) is 24.3 Å². The maximum Gasteiger partial charge on any atom is 0.307 e. The van der Waals surface area contributed by atoms with Crippen molar-refractivity contribution < 1.29 is 14.3 Å². The molecule has 2 rings (SSSR count). The zero-order chi connectivity index (χ0) is 14.4. The second-order valence-electron chi connectivity index (χ2n) is 4.20.